The third-order valence-electron chi connectivity index (χ3n) is 3.33. The topological polar surface area (TPSA) is 12.4 Å². The van der Waals surface area contributed by atoms with E-state index in [-0.39, 0.29) is 0 Å². The van der Waals surface area contributed by atoms with Gasteiger partial charge >= 0.3 is 0 Å². The highest BCUT2D eigenvalue weighted by Gasteiger charge is 2.23. The lowest BCUT2D eigenvalue weighted by Crippen LogP contribution is -2.07. The zero-order valence-corrected chi connectivity index (χ0v) is 8.71. The number of nitrogens with zero attached hydrogens (tertiary/aromatic N) is 1. The van der Waals surface area contributed by atoms with Gasteiger partial charge in [0.05, 0.1) is 0 Å². The third kappa shape index (κ3) is 1.84. The molecule has 0 spiro atoms. The number of allylic oxidation sites excluding steroid dienone is 1. The highest BCUT2D eigenvalue weighted by Crippen LogP contribution is 2.35. The minimum absolute atomic E-state index is 0.634. The van der Waals surface area contributed by atoms with Gasteiger partial charge in [0, 0.05) is 18.3 Å². The van der Waals surface area contributed by atoms with Crippen LogP contribution in [-0.2, 0) is 0 Å². The molecule has 0 N–H and O–H groups in total. The number of hydrogen-bond acceptors (Lipinski definition) is 1. The predicted molar refractivity (Wildman–Crippen MR) is 56.9 cm³/mol. The maximum Gasteiger partial charge on any atom is 0.0266 e. The maximum atomic E-state index is 4.52. The molecule has 0 aromatic carbocycles. The summed E-state index contributed by atoms with van der Waals surface area (Å²) in [6.45, 7) is 4.48. The molecule has 0 bridgehead atoms. The standard InChI is InChI=1S/C12H19N/c1-9(2)12-7-11(8-13-12)10-5-3-4-6-10/h8-10H,3-7H2,1-2H3. The summed E-state index contributed by atoms with van der Waals surface area (Å²) in [5.41, 5.74) is 3.00. The lowest BCUT2D eigenvalue weighted by molar-refractivity contribution is 0.633. The van der Waals surface area contributed by atoms with E-state index in [4.69, 9.17) is 0 Å². The normalized spacial score (nSPS) is 23.9. The molecule has 1 heterocycles. The van der Waals surface area contributed by atoms with Crippen LogP contribution in [0.4, 0.5) is 0 Å². The van der Waals surface area contributed by atoms with Gasteiger partial charge in [0.25, 0.3) is 0 Å². The van der Waals surface area contributed by atoms with Crippen molar-refractivity contribution in [1.82, 2.24) is 0 Å². The molecule has 1 fully saturated rings. The van der Waals surface area contributed by atoms with Crippen LogP contribution < -0.4 is 0 Å². The number of aliphatic imine (C=N–C) groups is 1. The van der Waals surface area contributed by atoms with Crippen molar-refractivity contribution in [3.05, 3.63) is 11.8 Å². The SMILES string of the molecule is CC(C)C1=NC=C(C2CCCC2)C1. The molecule has 13 heavy (non-hydrogen) atoms. The van der Waals surface area contributed by atoms with Crippen LogP contribution in [0.3, 0.4) is 0 Å². The first-order valence-corrected chi connectivity index (χ1v) is 5.53. The zero-order chi connectivity index (χ0) is 9.26. The van der Waals surface area contributed by atoms with Crippen LogP contribution >= 0.6 is 0 Å². The van der Waals surface area contributed by atoms with Crippen molar-refractivity contribution in [2.45, 2.75) is 46.0 Å². The summed E-state index contributed by atoms with van der Waals surface area (Å²) in [4.78, 5) is 4.52. The Labute approximate surface area is 80.9 Å². The minimum atomic E-state index is 0.634. The quantitative estimate of drug-likeness (QED) is 0.611. The molecule has 1 saturated carbocycles. The van der Waals surface area contributed by atoms with Gasteiger partial charge in [0.2, 0.25) is 0 Å². The molecular weight excluding hydrogens is 158 g/mol. The molecule has 0 aromatic rings. The molecule has 0 atom stereocenters. The Balaban J connectivity index is 1.93. The minimum Gasteiger partial charge on any atom is -0.265 e. The summed E-state index contributed by atoms with van der Waals surface area (Å²) in [6, 6.07) is 0. The molecule has 0 aromatic heterocycles. The van der Waals surface area contributed by atoms with Crippen LogP contribution in [0.1, 0.15) is 46.0 Å². The van der Waals surface area contributed by atoms with Crippen LogP contribution in [0.15, 0.2) is 16.8 Å². The third-order valence-corrected chi connectivity index (χ3v) is 3.33. The fourth-order valence-corrected chi connectivity index (χ4v) is 2.37. The van der Waals surface area contributed by atoms with Crippen LogP contribution in [0.2, 0.25) is 0 Å². The molecule has 1 heteroatoms. The van der Waals surface area contributed by atoms with Gasteiger partial charge in [0.15, 0.2) is 0 Å². The van der Waals surface area contributed by atoms with Crippen molar-refractivity contribution in [3.63, 3.8) is 0 Å². The molecule has 2 rings (SSSR count). The maximum absolute atomic E-state index is 4.52. The summed E-state index contributed by atoms with van der Waals surface area (Å²) in [7, 11) is 0. The second kappa shape index (κ2) is 3.65. The van der Waals surface area contributed by atoms with Gasteiger partial charge in [-0.2, -0.15) is 0 Å². The Bertz CT molecular complexity index is 242. The Morgan fingerprint density at radius 2 is 2.00 bits per heavy atom. The first-order valence-electron chi connectivity index (χ1n) is 5.53. The molecule has 0 unspecified atom stereocenters. The van der Waals surface area contributed by atoms with Crippen molar-refractivity contribution < 1.29 is 0 Å². The fourth-order valence-electron chi connectivity index (χ4n) is 2.37. The Hall–Kier alpha value is -0.590. The van der Waals surface area contributed by atoms with Gasteiger partial charge in [-0.1, -0.05) is 26.7 Å². The van der Waals surface area contributed by atoms with Gasteiger partial charge in [-0.3, -0.25) is 4.99 Å². The summed E-state index contributed by atoms with van der Waals surface area (Å²) < 4.78 is 0. The van der Waals surface area contributed by atoms with Crippen LogP contribution in [0.5, 0.6) is 0 Å². The van der Waals surface area contributed by atoms with E-state index in [1.807, 2.05) is 0 Å². The van der Waals surface area contributed by atoms with E-state index < -0.39 is 0 Å². The van der Waals surface area contributed by atoms with Gasteiger partial charge in [0.1, 0.15) is 0 Å². The Morgan fingerprint density at radius 1 is 1.31 bits per heavy atom. The van der Waals surface area contributed by atoms with Crippen LogP contribution in [-0.4, -0.2) is 5.71 Å². The van der Waals surface area contributed by atoms with E-state index in [1.165, 1.54) is 37.8 Å². The second-order valence-electron chi connectivity index (χ2n) is 4.64. The number of hydrogen-bond donors (Lipinski definition) is 0. The average molecular weight is 177 g/mol. The van der Waals surface area contributed by atoms with Gasteiger partial charge in [-0.15, -0.1) is 0 Å². The van der Waals surface area contributed by atoms with Crippen molar-refractivity contribution in [2.24, 2.45) is 16.8 Å². The molecule has 0 saturated heterocycles. The first-order chi connectivity index (χ1) is 6.27. The molecule has 0 radical (unpaired) electrons. The second-order valence-corrected chi connectivity index (χ2v) is 4.64. The summed E-state index contributed by atoms with van der Waals surface area (Å²) in [5, 5.41) is 0. The molecule has 72 valence electrons. The van der Waals surface area contributed by atoms with Crippen molar-refractivity contribution in [2.75, 3.05) is 0 Å². The molecule has 1 aliphatic carbocycles. The molecular formula is C12H19N. The summed E-state index contributed by atoms with van der Waals surface area (Å²) in [6.07, 6.45) is 8.99. The largest absolute Gasteiger partial charge is 0.265 e. The average Bonchev–Trinajstić information content (AvgIpc) is 2.75. The van der Waals surface area contributed by atoms with Crippen molar-refractivity contribution in [1.29, 1.82) is 0 Å². The smallest absolute Gasteiger partial charge is 0.0266 e. The van der Waals surface area contributed by atoms with Crippen molar-refractivity contribution in [3.8, 4) is 0 Å². The zero-order valence-electron chi connectivity index (χ0n) is 8.71. The molecule has 0 amide bonds. The summed E-state index contributed by atoms with van der Waals surface area (Å²) >= 11 is 0. The fraction of sp³-hybridized carbons (Fsp3) is 0.750. The summed E-state index contributed by atoms with van der Waals surface area (Å²) in [5.74, 6) is 1.51. The monoisotopic (exact) mass is 177 g/mol. The molecule has 2 aliphatic rings. The Kier molecular flexibility index (Phi) is 2.52. The first kappa shape index (κ1) is 8.98. The van der Waals surface area contributed by atoms with Crippen molar-refractivity contribution >= 4 is 5.71 Å². The highest BCUT2D eigenvalue weighted by atomic mass is 14.7. The van der Waals surface area contributed by atoms with E-state index >= 15 is 0 Å². The lowest BCUT2D eigenvalue weighted by atomic mass is 9.92. The van der Waals surface area contributed by atoms with E-state index in [9.17, 15) is 0 Å². The predicted octanol–water partition coefficient (Wildman–Crippen LogP) is 3.56. The molecule has 1 aliphatic heterocycles. The molecule has 1 nitrogen and oxygen atoms in total. The van der Waals surface area contributed by atoms with E-state index in [1.54, 1.807) is 5.57 Å². The van der Waals surface area contributed by atoms with E-state index in [2.05, 4.69) is 25.0 Å². The van der Waals surface area contributed by atoms with Crippen LogP contribution in [0, 0.1) is 11.8 Å². The number of rotatable bonds is 2. The lowest BCUT2D eigenvalue weighted by Gasteiger charge is -2.11. The Morgan fingerprint density at radius 3 is 2.54 bits per heavy atom. The van der Waals surface area contributed by atoms with E-state index in [0.29, 0.717) is 5.92 Å². The van der Waals surface area contributed by atoms with Gasteiger partial charge < -0.3 is 0 Å². The van der Waals surface area contributed by atoms with Gasteiger partial charge in [-0.05, 0) is 30.3 Å². The van der Waals surface area contributed by atoms with E-state index in [0.717, 1.165) is 5.92 Å². The van der Waals surface area contributed by atoms with Crippen LogP contribution in [0.25, 0.3) is 0 Å². The highest BCUT2D eigenvalue weighted by molar-refractivity contribution is 5.90. The van der Waals surface area contributed by atoms with Gasteiger partial charge in [-0.25, -0.2) is 0 Å².